The van der Waals surface area contributed by atoms with E-state index in [-0.39, 0.29) is 0 Å². The first kappa shape index (κ1) is 13.9. The van der Waals surface area contributed by atoms with Crippen molar-refractivity contribution in [1.82, 2.24) is 4.90 Å². The van der Waals surface area contributed by atoms with Crippen LogP contribution in [0.5, 0.6) is 0 Å². The number of benzene rings is 2. The van der Waals surface area contributed by atoms with E-state index in [1.165, 1.54) is 18.5 Å². The molecule has 2 atom stereocenters. The Morgan fingerprint density at radius 2 is 1.65 bits per heavy atom. The molecule has 3 rings (SSSR count). The standard InChI is InChI=1S/C18H21NSe/c1-15-12-18(20-17-10-6-3-7-11-17)14-19(15)13-16-8-4-2-5-9-16/h2-11,15,18H,12-14H2,1H3. The van der Waals surface area contributed by atoms with E-state index in [0.29, 0.717) is 21.0 Å². The van der Waals surface area contributed by atoms with Crippen LogP contribution in [0.15, 0.2) is 60.7 Å². The summed E-state index contributed by atoms with van der Waals surface area (Å²) in [6, 6.07) is 22.6. The zero-order valence-corrected chi connectivity index (χ0v) is 13.6. The van der Waals surface area contributed by atoms with E-state index in [2.05, 4.69) is 72.5 Å². The van der Waals surface area contributed by atoms with Crippen molar-refractivity contribution < 1.29 is 0 Å². The second-order valence-electron chi connectivity index (χ2n) is 5.55. The molecule has 2 unspecified atom stereocenters. The summed E-state index contributed by atoms with van der Waals surface area (Å²) in [6.07, 6.45) is 1.35. The van der Waals surface area contributed by atoms with Crippen LogP contribution >= 0.6 is 0 Å². The first-order valence-electron chi connectivity index (χ1n) is 7.31. The first-order chi connectivity index (χ1) is 9.81. The summed E-state index contributed by atoms with van der Waals surface area (Å²) in [5.74, 6) is 0. The van der Waals surface area contributed by atoms with Gasteiger partial charge in [0.1, 0.15) is 0 Å². The number of likely N-dealkylation sites (tertiary alicyclic amines) is 1. The van der Waals surface area contributed by atoms with E-state index in [1.807, 2.05) is 0 Å². The normalized spacial score (nSPS) is 23.1. The molecule has 0 aromatic heterocycles. The Labute approximate surface area is 128 Å². The Morgan fingerprint density at radius 1 is 1.00 bits per heavy atom. The number of rotatable bonds is 4. The molecule has 1 saturated heterocycles. The first-order valence-corrected chi connectivity index (χ1v) is 9.15. The third-order valence-electron chi connectivity index (χ3n) is 3.94. The second kappa shape index (κ2) is 6.58. The maximum atomic E-state index is 2.64. The van der Waals surface area contributed by atoms with E-state index in [9.17, 15) is 0 Å². The molecule has 0 radical (unpaired) electrons. The van der Waals surface area contributed by atoms with Gasteiger partial charge in [-0.05, 0) is 0 Å². The predicted molar refractivity (Wildman–Crippen MR) is 86.5 cm³/mol. The van der Waals surface area contributed by atoms with Crippen LogP contribution in [-0.2, 0) is 6.54 Å². The van der Waals surface area contributed by atoms with Crippen LogP contribution in [0.3, 0.4) is 0 Å². The molecule has 0 bridgehead atoms. The third-order valence-corrected chi connectivity index (χ3v) is 6.50. The maximum absolute atomic E-state index is 2.64. The van der Waals surface area contributed by atoms with Gasteiger partial charge in [-0.25, -0.2) is 0 Å². The van der Waals surface area contributed by atoms with Gasteiger partial charge in [0.15, 0.2) is 0 Å². The third kappa shape index (κ3) is 3.52. The fourth-order valence-electron chi connectivity index (χ4n) is 2.86. The summed E-state index contributed by atoms with van der Waals surface area (Å²) in [4.78, 5) is 3.51. The topological polar surface area (TPSA) is 3.24 Å². The van der Waals surface area contributed by atoms with Gasteiger partial charge in [-0.1, -0.05) is 0 Å². The zero-order valence-electron chi connectivity index (χ0n) is 11.9. The summed E-state index contributed by atoms with van der Waals surface area (Å²) in [7, 11) is 0. The van der Waals surface area contributed by atoms with Crippen molar-refractivity contribution in [2.24, 2.45) is 0 Å². The Balaban J connectivity index is 1.59. The SMILES string of the molecule is CC1CC([Se]c2ccccc2)CN1Cc1ccccc1. The number of nitrogens with zero attached hydrogens (tertiary/aromatic N) is 1. The summed E-state index contributed by atoms with van der Waals surface area (Å²) < 4.78 is 1.54. The second-order valence-corrected chi connectivity index (χ2v) is 8.43. The van der Waals surface area contributed by atoms with Crippen molar-refractivity contribution in [2.75, 3.05) is 6.54 Å². The number of hydrogen-bond donors (Lipinski definition) is 0. The Morgan fingerprint density at radius 3 is 2.35 bits per heavy atom. The van der Waals surface area contributed by atoms with Crippen molar-refractivity contribution in [3.63, 3.8) is 0 Å². The van der Waals surface area contributed by atoms with Gasteiger partial charge in [0.25, 0.3) is 0 Å². The molecule has 1 heterocycles. The molecule has 0 aliphatic carbocycles. The van der Waals surface area contributed by atoms with Crippen LogP contribution in [-0.4, -0.2) is 32.4 Å². The molecule has 1 aliphatic rings. The summed E-state index contributed by atoms with van der Waals surface area (Å²) in [5, 5.41) is 0. The van der Waals surface area contributed by atoms with Gasteiger partial charge in [0.2, 0.25) is 0 Å². The molecule has 0 saturated carbocycles. The average molecular weight is 330 g/mol. The fraction of sp³-hybridized carbons (Fsp3) is 0.333. The van der Waals surface area contributed by atoms with Gasteiger partial charge >= 0.3 is 128 Å². The van der Waals surface area contributed by atoms with E-state index >= 15 is 0 Å². The van der Waals surface area contributed by atoms with Gasteiger partial charge in [0, 0.05) is 0 Å². The van der Waals surface area contributed by atoms with Gasteiger partial charge in [-0.2, -0.15) is 0 Å². The molecule has 20 heavy (non-hydrogen) atoms. The molecule has 0 spiro atoms. The van der Waals surface area contributed by atoms with Crippen LogP contribution < -0.4 is 4.46 Å². The molecule has 2 heteroatoms. The number of hydrogen-bond acceptors (Lipinski definition) is 1. The van der Waals surface area contributed by atoms with E-state index in [0.717, 1.165) is 11.4 Å². The Hall–Kier alpha value is -1.08. The van der Waals surface area contributed by atoms with Crippen molar-refractivity contribution in [2.45, 2.75) is 30.7 Å². The van der Waals surface area contributed by atoms with Crippen molar-refractivity contribution in [3.05, 3.63) is 66.2 Å². The van der Waals surface area contributed by atoms with E-state index in [1.54, 1.807) is 4.46 Å². The van der Waals surface area contributed by atoms with Crippen LogP contribution in [0, 0.1) is 0 Å². The molecule has 0 N–H and O–H groups in total. The monoisotopic (exact) mass is 331 g/mol. The molecule has 2 aromatic rings. The zero-order chi connectivity index (χ0) is 13.8. The van der Waals surface area contributed by atoms with Crippen LogP contribution in [0.2, 0.25) is 4.82 Å². The minimum absolute atomic E-state index is 0.612. The molecule has 1 aliphatic heterocycles. The molecule has 1 nitrogen and oxygen atoms in total. The van der Waals surface area contributed by atoms with Crippen molar-refractivity contribution in [1.29, 1.82) is 0 Å². The van der Waals surface area contributed by atoms with Crippen molar-refractivity contribution in [3.8, 4) is 0 Å². The van der Waals surface area contributed by atoms with Gasteiger partial charge in [0.05, 0.1) is 0 Å². The average Bonchev–Trinajstić information content (AvgIpc) is 2.81. The molecule has 104 valence electrons. The predicted octanol–water partition coefficient (Wildman–Crippen LogP) is 3.10. The van der Waals surface area contributed by atoms with Gasteiger partial charge < -0.3 is 0 Å². The molecule has 1 fully saturated rings. The summed E-state index contributed by atoms with van der Waals surface area (Å²) in [5.41, 5.74) is 1.44. The van der Waals surface area contributed by atoms with Crippen LogP contribution in [0.1, 0.15) is 18.9 Å². The molecule has 0 amide bonds. The molecular weight excluding hydrogens is 309 g/mol. The Kier molecular flexibility index (Phi) is 4.57. The summed E-state index contributed by atoms with van der Waals surface area (Å²) >= 11 is 0.612. The van der Waals surface area contributed by atoms with E-state index in [4.69, 9.17) is 0 Å². The fourth-order valence-corrected chi connectivity index (χ4v) is 5.67. The Bertz CT molecular complexity index is 526. The summed E-state index contributed by atoms with van der Waals surface area (Å²) in [6.45, 7) is 4.73. The molecule has 2 aromatic carbocycles. The quantitative estimate of drug-likeness (QED) is 0.779. The molecular formula is C18H21NSe. The van der Waals surface area contributed by atoms with Crippen LogP contribution in [0.4, 0.5) is 0 Å². The van der Waals surface area contributed by atoms with Gasteiger partial charge in [-0.15, -0.1) is 0 Å². The van der Waals surface area contributed by atoms with Crippen molar-refractivity contribution >= 4 is 19.4 Å². The van der Waals surface area contributed by atoms with E-state index < -0.39 is 0 Å². The minimum atomic E-state index is 0.612. The van der Waals surface area contributed by atoms with Gasteiger partial charge in [-0.3, -0.25) is 0 Å². The van der Waals surface area contributed by atoms with Crippen LogP contribution in [0.25, 0.3) is 0 Å².